The van der Waals surface area contributed by atoms with Crippen LogP contribution in [0.4, 0.5) is 4.39 Å². The van der Waals surface area contributed by atoms with Gasteiger partial charge >= 0.3 is 0 Å². The third-order valence-corrected chi connectivity index (χ3v) is 2.00. The van der Waals surface area contributed by atoms with Gasteiger partial charge in [0.05, 0.1) is 6.10 Å². The molecule has 2 N–H and O–H groups in total. The highest BCUT2D eigenvalue weighted by Crippen LogP contribution is 2.20. The van der Waals surface area contributed by atoms with Crippen LogP contribution in [0.2, 0.25) is 0 Å². The van der Waals surface area contributed by atoms with Gasteiger partial charge in [0.1, 0.15) is 5.82 Å². The minimum Gasteiger partial charge on any atom is -0.396 e. The summed E-state index contributed by atoms with van der Waals surface area (Å²) >= 11 is 0. The van der Waals surface area contributed by atoms with Gasteiger partial charge in [0.15, 0.2) is 0 Å². The zero-order valence-corrected chi connectivity index (χ0v) is 7.50. The van der Waals surface area contributed by atoms with Crippen molar-refractivity contribution in [3.8, 4) is 0 Å². The molecule has 1 atom stereocenters. The monoisotopic (exact) mass is 184 g/mol. The van der Waals surface area contributed by atoms with Crippen molar-refractivity contribution < 1.29 is 14.6 Å². The zero-order chi connectivity index (χ0) is 9.84. The molecule has 0 heterocycles. The van der Waals surface area contributed by atoms with Crippen molar-refractivity contribution in [2.75, 3.05) is 6.61 Å². The maximum absolute atomic E-state index is 12.8. The van der Waals surface area contributed by atoms with Gasteiger partial charge in [-0.2, -0.15) is 0 Å². The summed E-state index contributed by atoms with van der Waals surface area (Å²) in [4.78, 5) is 0. The molecule has 13 heavy (non-hydrogen) atoms. The molecule has 0 aromatic heterocycles. The number of aryl methyl sites for hydroxylation is 1. The van der Waals surface area contributed by atoms with E-state index >= 15 is 0 Å². The second-order valence-electron chi connectivity index (χ2n) is 3.03. The normalized spacial score (nSPS) is 12.9. The van der Waals surface area contributed by atoms with E-state index in [1.165, 1.54) is 12.1 Å². The Balaban J connectivity index is 2.91. The van der Waals surface area contributed by atoms with Crippen LogP contribution >= 0.6 is 0 Å². The smallest absolute Gasteiger partial charge is 0.123 e. The van der Waals surface area contributed by atoms with E-state index in [0.29, 0.717) is 5.56 Å². The van der Waals surface area contributed by atoms with Gasteiger partial charge in [0.2, 0.25) is 0 Å². The van der Waals surface area contributed by atoms with E-state index < -0.39 is 6.10 Å². The molecule has 0 saturated carbocycles. The highest BCUT2D eigenvalue weighted by atomic mass is 19.1. The molecule has 3 heteroatoms. The van der Waals surface area contributed by atoms with E-state index in [2.05, 4.69) is 0 Å². The van der Waals surface area contributed by atoms with Crippen LogP contribution in [0.1, 0.15) is 23.7 Å². The van der Waals surface area contributed by atoms with Crippen molar-refractivity contribution in [3.63, 3.8) is 0 Å². The number of hydrogen-bond donors (Lipinski definition) is 2. The minimum atomic E-state index is -0.777. The quantitative estimate of drug-likeness (QED) is 0.748. The maximum Gasteiger partial charge on any atom is 0.123 e. The Morgan fingerprint density at radius 2 is 2.15 bits per heavy atom. The molecule has 2 nitrogen and oxygen atoms in total. The first-order chi connectivity index (χ1) is 6.15. The summed E-state index contributed by atoms with van der Waals surface area (Å²) in [6.45, 7) is 1.70. The molecule has 0 amide bonds. The lowest BCUT2D eigenvalue weighted by atomic mass is 10.0. The fraction of sp³-hybridized carbons (Fsp3) is 0.400. The van der Waals surface area contributed by atoms with Crippen LogP contribution < -0.4 is 0 Å². The summed E-state index contributed by atoms with van der Waals surface area (Å²) in [5.74, 6) is -0.363. The van der Waals surface area contributed by atoms with Crippen molar-refractivity contribution >= 4 is 0 Å². The molecule has 0 aliphatic heterocycles. The van der Waals surface area contributed by atoms with Crippen molar-refractivity contribution in [2.45, 2.75) is 19.4 Å². The lowest BCUT2D eigenvalue weighted by Gasteiger charge is -2.12. The van der Waals surface area contributed by atoms with Crippen LogP contribution in [-0.4, -0.2) is 16.8 Å². The second-order valence-corrected chi connectivity index (χ2v) is 3.03. The number of halogens is 1. The number of aliphatic hydroxyl groups is 2. The summed E-state index contributed by atoms with van der Waals surface area (Å²) in [5, 5.41) is 18.1. The molecule has 1 aromatic carbocycles. The van der Waals surface area contributed by atoms with Crippen LogP contribution in [0.15, 0.2) is 18.2 Å². The first-order valence-corrected chi connectivity index (χ1v) is 4.20. The van der Waals surface area contributed by atoms with E-state index in [1.54, 1.807) is 13.0 Å². The van der Waals surface area contributed by atoms with E-state index in [0.717, 1.165) is 5.56 Å². The van der Waals surface area contributed by atoms with E-state index in [-0.39, 0.29) is 18.8 Å². The van der Waals surface area contributed by atoms with Crippen molar-refractivity contribution in [3.05, 3.63) is 35.1 Å². The lowest BCUT2D eigenvalue weighted by molar-refractivity contribution is 0.133. The molecule has 1 rings (SSSR count). The summed E-state index contributed by atoms with van der Waals surface area (Å²) in [5.41, 5.74) is 1.39. The van der Waals surface area contributed by atoms with Gasteiger partial charge in [-0.25, -0.2) is 4.39 Å². The molecular weight excluding hydrogens is 171 g/mol. The molecule has 0 bridgehead atoms. The first kappa shape index (κ1) is 10.2. The Kier molecular flexibility index (Phi) is 3.39. The van der Waals surface area contributed by atoms with Crippen LogP contribution in [0, 0.1) is 12.7 Å². The minimum absolute atomic E-state index is 0.100. The predicted octanol–water partition coefficient (Wildman–Crippen LogP) is 1.55. The molecule has 72 valence electrons. The molecule has 0 aliphatic carbocycles. The zero-order valence-electron chi connectivity index (χ0n) is 7.50. The average molecular weight is 184 g/mol. The third kappa shape index (κ3) is 2.50. The Hall–Kier alpha value is -0.930. The van der Waals surface area contributed by atoms with Gasteiger partial charge in [0.25, 0.3) is 0 Å². The summed E-state index contributed by atoms with van der Waals surface area (Å²) in [6.07, 6.45) is -0.537. The Morgan fingerprint density at radius 3 is 2.77 bits per heavy atom. The molecule has 0 spiro atoms. The standard InChI is InChI=1S/C10H13FO2/c1-7-2-3-8(11)6-9(7)10(13)4-5-12/h2-3,6,10,12-13H,4-5H2,1H3. The highest BCUT2D eigenvalue weighted by Gasteiger charge is 2.10. The van der Waals surface area contributed by atoms with Gasteiger partial charge < -0.3 is 10.2 Å². The Labute approximate surface area is 76.6 Å². The van der Waals surface area contributed by atoms with Gasteiger partial charge in [-0.15, -0.1) is 0 Å². The third-order valence-electron chi connectivity index (χ3n) is 2.00. The molecule has 0 aliphatic rings. The highest BCUT2D eigenvalue weighted by molar-refractivity contribution is 5.28. The van der Waals surface area contributed by atoms with Crippen LogP contribution in [-0.2, 0) is 0 Å². The number of aliphatic hydroxyl groups excluding tert-OH is 2. The second kappa shape index (κ2) is 4.35. The van der Waals surface area contributed by atoms with Crippen LogP contribution in [0.25, 0.3) is 0 Å². The van der Waals surface area contributed by atoms with Crippen LogP contribution in [0.5, 0.6) is 0 Å². The maximum atomic E-state index is 12.8. The predicted molar refractivity (Wildman–Crippen MR) is 47.8 cm³/mol. The Morgan fingerprint density at radius 1 is 1.46 bits per heavy atom. The van der Waals surface area contributed by atoms with E-state index in [9.17, 15) is 9.50 Å². The summed E-state index contributed by atoms with van der Waals surface area (Å²) < 4.78 is 12.8. The van der Waals surface area contributed by atoms with E-state index in [1.807, 2.05) is 0 Å². The van der Waals surface area contributed by atoms with Crippen molar-refractivity contribution in [1.29, 1.82) is 0 Å². The van der Waals surface area contributed by atoms with Crippen molar-refractivity contribution in [1.82, 2.24) is 0 Å². The van der Waals surface area contributed by atoms with Crippen LogP contribution in [0.3, 0.4) is 0 Å². The molecular formula is C10H13FO2. The number of rotatable bonds is 3. The van der Waals surface area contributed by atoms with Gasteiger partial charge in [0, 0.05) is 13.0 Å². The number of benzene rings is 1. The summed E-state index contributed by atoms with van der Waals surface area (Å²) in [7, 11) is 0. The Bertz CT molecular complexity index is 286. The SMILES string of the molecule is Cc1ccc(F)cc1C(O)CCO. The molecule has 0 saturated heterocycles. The first-order valence-electron chi connectivity index (χ1n) is 4.20. The fourth-order valence-corrected chi connectivity index (χ4v) is 1.25. The molecule has 0 fully saturated rings. The molecule has 1 unspecified atom stereocenters. The van der Waals surface area contributed by atoms with Gasteiger partial charge in [-0.1, -0.05) is 6.07 Å². The largest absolute Gasteiger partial charge is 0.396 e. The van der Waals surface area contributed by atoms with Crippen molar-refractivity contribution in [2.24, 2.45) is 0 Å². The van der Waals surface area contributed by atoms with E-state index in [4.69, 9.17) is 5.11 Å². The summed E-state index contributed by atoms with van der Waals surface area (Å²) in [6, 6.07) is 4.27. The molecule has 1 aromatic rings. The average Bonchev–Trinajstić information content (AvgIpc) is 2.09. The topological polar surface area (TPSA) is 40.5 Å². The van der Waals surface area contributed by atoms with Gasteiger partial charge in [-0.05, 0) is 30.2 Å². The fourth-order valence-electron chi connectivity index (χ4n) is 1.25. The van der Waals surface area contributed by atoms with Gasteiger partial charge in [-0.3, -0.25) is 0 Å². The number of hydrogen-bond acceptors (Lipinski definition) is 2. The molecule has 0 radical (unpaired) electrons. The lowest BCUT2D eigenvalue weighted by Crippen LogP contribution is -2.02.